The van der Waals surface area contributed by atoms with Gasteiger partial charge >= 0.3 is 0 Å². The van der Waals surface area contributed by atoms with Crippen LogP contribution in [0.15, 0.2) is 170 Å². The van der Waals surface area contributed by atoms with Crippen molar-refractivity contribution >= 4 is 57.7 Å². The van der Waals surface area contributed by atoms with E-state index in [-0.39, 0.29) is 48.0 Å². The lowest BCUT2D eigenvalue weighted by Gasteiger charge is -2.23. The number of halogens is 2. The standard InChI is InChI=1S/C82H94N6O4.2HI/c1-9-11-13-15-17-19-21-23-55-89-65-39-31-59(32-40-65)79-71-47-51-75(83-71)81(61-35-43-67(44-36-61)91-69-29-25-27-63(57-69)87(3,4)5)77-53-49-73(85-77)80(60-33-41-66(42-34-60)90-56-24-22-20-18-16-14-12-10-2)74-50-54-78(86-74)82(76-52-48-72(79)84-76)62-37-45-68(46-38-62)92-70-30-26-28-64(58-70)88(6,7)8;;/h25-54,57-58,83,86H,9-24,55-56H2,1-8H3;2*1H/q+2;;/p-2. The number of aromatic amines is 2. The monoisotopic (exact) mass is 1480 g/mol. The van der Waals surface area contributed by atoms with E-state index < -0.39 is 0 Å². The van der Waals surface area contributed by atoms with Crippen LogP contribution >= 0.6 is 0 Å². The van der Waals surface area contributed by atoms with Gasteiger partial charge in [-0.3, -0.25) is 8.97 Å². The van der Waals surface area contributed by atoms with Gasteiger partial charge in [-0.15, -0.1) is 0 Å². The lowest BCUT2D eigenvalue weighted by Crippen LogP contribution is -3.00. The third-order valence-electron chi connectivity index (χ3n) is 17.5. The summed E-state index contributed by atoms with van der Waals surface area (Å²) in [5.41, 5.74) is 17.1. The van der Waals surface area contributed by atoms with Crippen molar-refractivity contribution in [3.8, 4) is 79.0 Å². The molecule has 0 spiro atoms. The van der Waals surface area contributed by atoms with Gasteiger partial charge in [0.15, 0.2) is 0 Å². The Balaban J connectivity index is 0.00000520. The Bertz CT molecular complexity index is 3890. The number of hydrogen-bond acceptors (Lipinski definition) is 6. The predicted molar refractivity (Wildman–Crippen MR) is 389 cm³/mol. The Morgan fingerprint density at radius 3 is 0.872 bits per heavy atom. The van der Waals surface area contributed by atoms with Crippen LogP contribution in [0.2, 0.25) is 0 Å². The highest BCUT2D eigenvalue weighted by Crippen LogP contribution is 2.41. The van der Waals surface area contributed by atoms with Crippen molar-refractivity contribution in [2.24, 2.45) is 0 Å². The second-order valence-electron chi connectivity index (χ2n) is 26.5. The van der Waals surface area contributed by atoms with Crippen LogP contribution in [0.1, 0.15) is 139 Å². The summed E-state index contributed by atoms with van der Waals surface area (Å²) in [6.07, 6.45) is 28.7. The van der Waals surface area contributed by atoms with E-state index in [2.05, 4.69) is 248 Å². The minimum atomic E-state index is 0. The molecule has 6 aromatic carbocycles. The SMILES string of the molecule is CCCCCCCCCCOc1ccc(-c2c3nc(c(-c4ccc(Oc5cccc([N+](C)(C)C)c5)cc4)c4ccc([nH]4)c(-c4ccc(OCCCCCCCCCC)cc4)c4nc(c(-c5ccc(Oc6cccc([N+](C)(C)C)c6)cc5)c5ccc2[nH]5)C=C4)C=C3)cc1.[I-].[I-]. The lowest BCUT2D eigenvalue weighted by atomic mass is 10.0. The van der Waals surface area contributed by atoms with Crippen LogP contribution in [0.25, 0.3) is 90.9 Å². The summed E-state index contributed by atoms with van der Waals surface area (Å²) >= 11 is 0. The summed E-state index contributed by atoms with van der Waals surface area (Å²) < 4.78 is 27.2. The van der Waals surface area contributed by atoms with E-state index in [4.69, 9.17) is 28.9 Å². The molecule has 3 aromatic heterocycles. The largest absolute Gasteiger partial charge is 1.00 e. The maximum atomic E-state index is 6.54. The smallest absolute Gasteiger partial charge is 0.135 e. The molecule has 12 heteroatoms. The molecule has 0 atom stereocenters. The average molecular weight is 1480 g/mol. The Kier molecular flexibility index (Phi) is 25.4. The van der Waals surface area contributed by atoms with Gasteiger partial charge in [0.1, 0.15) is 45.9 Å². The van der Waals surface area contributed by atoms with E-state index >= 15 is 0 Å². The van der Waals surface area contributed by atoms with Crippen LogP contribution in [0.3, 0.4) is 0 Å². The van der Waals surface area contributed by atoms with Crippen LogP contribution in [-0.2, 0) is 0 Å². The quantitative estimate of drug-likeness (QED) is 0.0265. The molecule has 2 aliphatic rings. The summed E-state index contributed by atoms with van der Waals surface area (Å²) in [6.45, 7) is 5.94. The fourth-order valence-corrected chi connectivity index (χ4v) is 12.3. The van der Waals surface area contributed by atoms with Crippen LogP contribution in [0.5, 0.6) is 34.5 Å². The number of hydrogen-bond donors (Lipinski definition) is 2. The van der Waals surface area contributed by atoms with Crippen LogP contribution in [0, 0.1) is 0 Å². The van der Waals surface area contributed by atoms with Gasteiger partial charge in [0, 0.05) is 56.5 Å². The molecule has 2 aliphatic heterocycles. The van der Waals surface area contributed by atoms with Gasteiger partial charge in [-0.05, 0) is 156 Å². The normalized spacial score (nSPS) is 11.9. The molecular formula is C82H94I2N6O4. The van der Waals surface area contributed by atoms with Crippen molar-refractivity contribution in [3.63, 3.8) is 0 Å². The molecule has 94 heavy (non-hydrogen) atoms. The number of nitrogens with zero attached hydrogens (tertiary/aromatic N) is 4. The van der Waals surface area contributed by atoms with Crippen molar-refractivity contribution in [1.82, 2.24) is 28.9 Å². The Morgan fingerprint density at radius 2 is 0.585 bits per heavy atom. The summed E-state index contributed by atoms with van der Waals surface area (Å²) in [6, 6.07) is 59.1. The first-order valence-corrected chi connectivity index (χ1v) is 33.8. The van der Waals surface area contributed by atoms with Gasteiger partial charge in [-0.25, -0.2) is 9.97 Å². The zero-order valence-corrected chi connectivity index (χ0v) is 60.7. The first-order valence-electron chi connectivity index (χ1n) is 33.8. The van der Waals surface area contributed by atoms with Gasteiger partial charge in [0.25, 0.3) is 0 Å². The van der Waals surface area contributed by atoms with Gasteiger partial charge in [-0.2, -0.15) is 0 Å². The number of aromatic nitrogens is 4. The van der Waals surface area contributed by atoms with Gasteiger partial charge in [0.05, 0.1) is 78.3 Å². The van der Waals surface area contributed by atoms with Crippen molar-refractivity contribution in [3.05, 3.63) is 193 Å². The number of fused-ring (bicyclic) bond motifs is 8. The Hall–Kier alpha value is -7.50. The number of ether oxygens (including phenoxy) is 4. The van der Waals surface area contributed by atoms with E-state index in [9.17, 15) is 0 Å². The van der Waals surface area contributed by atoms with E-state index in [1.54, 1.807) is 0 Å². The molecule has 11 rings (SSSR count). The van der Waals surface area contributed by atoms with Crippen molar-refractivity contribution in [2.45, 2.75) is 117 Å². The fraction of sp³-hybridized carbons (Fsp3) is 0.317. The molecule has 2 N–H and O–H groups in total. The third-order valence-corrected chi connectivity index (χ3v) is 17.5. The minimum absolute atomic E-state index is 0. The zero-order valence-electron chi connectivity index (χ0n) is 56.4. The van der Waals surface area contributed by atoms with Crippen molar-refractivity contribution < 1.29 is 66.9 Å². The number of benzene rings is 6. The molecule has 0 unspecified atom stereocenters. The number of rotatable bonds is 30. The maximum Gasteiger partial charge on any atom is 0.135 e. The molecule has 490 valence electrons. The van der Waals surface area contributed by atoms with Gasteiger partial charge in [-0.1, -0.05) is 164 Å². The molecule has 0 radical (unpaired) electrons. The molecule has 5 heterocycles. The number of H-pyrrole nitrogens is 2. The second-order valence-corrected chi connectivity index (χ2v) is 26.5. The molecule has 0 saturated heterocycles. The second kappa shape index (κ2) is 33.7. The molecule has 0 fully saturated rings. The first kappa shape index (κ1) is 70.8. The fourth-order valence-electron chi connectivity index (χ4n) is 12.3. The lowest BCUT2D eigenvalue weighted by molar-refractivity contribution is -0.00100. The summed E-state index contributed by atoms with van der Waals surface area (Å²) in [5.74, 6) is 4.78. The zero-order chi connectivity index (χ0) is 63.9. The summed E-state index contributed by atoms with van der Waals surface area (Å²) in [7, 11) is 13.0. The number of nitrogens with one attached hydrogen (secondary N) is 2. The van der Waals surface area contributed by atoms with Crippen LogP contribution < -0.4 is 75.9 Å². The molecule has 0 amide bonds. The third kappa shape index (κ3) is 18.5. The average Bonchev–Trinajstić information content (AvgIpc) is 1.61. The van der Waals surface area contributed by atoms with Gasteiger partial charge < -0.3 is 76.9 Å². The molecular weight excluding hydrogens is 1390 g/mol. The van der Waals surface area contributed by atoms with Crippen molar-refractivity contribution in [1.29, 1.82) is 0 Å². The molecule has 10 nitrogen and oxygen atoms in total. The van der Waals surface area contributed by atoms with Crippen LogP contribution in [0.4, 0.5) is 11.4 Å². The molecule has 0 aliphatic carbocycles. The van der Waals surface area contributed by atoms with E-state index in [0.29, 0.717) is 22.2 Å². The van der Waals surface area contributed by atoms with Gasteiger partial charge in [0.2, 0.25) is 0 Å². The summed E-state index contributed by atoms with van der Waals surface area (Å²) in [4.78, 5) is 19.2. The Morgan fingerprint density at radius 1 is 0.309 bits per heavy atom. The highest BCUT2D eigenvalue weighted by molar-refractivity contribution is 6.00. The molecule has 8 bridgehead atoms. The van der Waals surface area contributed by atoms with E-state index in [0.717, 1.165) is 148 Å². The van der Waals surface area contributed by atoms with Crippen molar-refractivity contribution in [2.75, 3.05) is 55.5 Å². The minimum Gasteiger partial charge on any atom is -1.00 e. The van der Waals surface area contributed by atoms with E-state index in [1.807, 2.05) is 12.1 Å². The number of quaternary nitrogens is 2. The highest BCUT2D eigenvalue weighted by atomic mass is 127. The Labute approximate surface area is 592 Å². The predicted octanol–water partition coefficient (Wildman–Crippen LogP) is 16.3. The number of unbranched alkanes of at least 4 members (excludes halogenated alkanes) is 14. The summed E-state index contributed by atoms with van der Waals surface area (Å²) in [5, 5.41) is 0. The van der Waals surface area contributed by atoms with Crippen LogP contribution in [-0.4, -0.2) is 75.4 Å². The maximum absolute atomic E-state index is 6.54. The highest BCUT2D eigenvalue weighted by Gasteiger charge is 2.21. The first-order chi connectivity index (χ1) is 44.8. The van der Waals surface area contributed by atoms with E-state index in [1.165, 1.54) is 89.9 Å². The molecule has 9 aromatic rings. The topological polar surface area (TPSA) is 94.3 Å². The molecule has 0 saturated carbocycles.